The summed E-state index contributed by atoms with van der Waals surface area (Å²) in [6.07, 6.45) is 1.64. The fourth-order valence-electron chi connectivity index (χ4n) is 4.12. The Morgan fingerprint density at radius 1 is 1.06 bits per heavy atom. The van der Waals surface area contributed by atoms with Gasteiger partial charge in [-0.05, 0) is 55.3 Å². The minimum atomic E-state index is -0.669. The van der Waals surface area contributed by atoms with Crippen LogP contribution in [0.3, 0.4) is 0 Å². The lowest BCUT2D eigenvalue weighted by Gasteiger charge is -2.25. The molecule has 0 saturated carbocycles. The number of nitrogens with zero attached hydrogens (tertiary/aromatic N) is 2. The molecule has 0 bridgehead atoms. The number of carbonyl (C=O) groups excluding carboxylic acids is 1. The summed E-state index contributed by atoms with van der Waals surface area (Å²) in [5.41, 5.74) is 2.08. The van der Waals surface area contributed by atoms with Crippen LogP contribution in [0.1, 0.15) is 40.2 Å². The fraction of sp³-hybridized carbons (Fsp3) is 0.160. The number of aromatic nitrogens is 1. The smallest absolute Gasteiger partial charge is 0.296 e. The normalized spacial score (nSPS) is 15.4. The maximum absolute atomic E-state index is 13.6. The van der Waals surface area contributed by atoms with Gasteiger partial charge in [-0.15, -0.1) is 0 Å². The highest BCUT2D eigenvalue weighted by atomic mass is 16.5. The number of rotatable bonds is 4. The van der Waals surface area contributed by atoms with Crippen LogP contribution < -0.4 is 15.1 Å². The summed E-state index contributed by atoms with van der Waals surface area (Å²) in [5.74, 6) is 0.838. The lowest BCUT2D eigenvalue weighted by molar-refractivity contribution is 0.0970. The second-order valence-electron chi connectivity index (χ2n) is 7.40. The molecule has 1 aliphatic rings. The van der Waals surface area contributed by atoms with Crippen molar-refractivity contribution in [3.05, 3.63) is 99.5 Å². The molecule has 154 valence electrons. The zero-order valence-electron chi connectivity index (χ0n) is 17.2. The third kappa shape index (κ3) is 2.99. The van der Waals surface area contributed by atoms with Crippen molar-refractivity contribution in [2.45, 2.75) is 19.9 Å². The average Bonchev–Trinajstić information content (AvgIpc) is 3.07. The molecule has 0 spiro atoms. The van der Waals surface area contributed by atoms with E-state index in [0.29, 0.717) is 34.7 Å². The molecular weight excluding hydrogens is 392 g/mol. The highest BCUT2D eigenvalue weighted by molar-refractivity contribution is 6.10. The zero-order valence-corrected chi connectivity index (χ0v) is 17.2. The van der Waals surface area contributed by atoms with Gasteiger partial charge in [0.2, 0.25) is 5.76 Å². The van der Waals surface area contributed by atoms with E-state index in [1.165, 1.54) is 0 Å². The summed E-state index contributed by atoms with van der Waals surface area (Å²) in [6.45, 7) is 4.31. The summed E-state index contributed by atoms with van der Waals surface area (Å²) >= 11 is 0. The van der Waals surface area contributed by atoms with Crippen molar-refractivity contribution >= 4 is 22.7 Å². The molecule has 3 heterocycles. The molecular formula is C25H20N2O4. The van der Waals surface area contributed by atoms with Crippen molar-refractivity contribution in [1.29, 1.82) is 0 Å². The van der Waals surface area contributed by atoms with Gasteiger partial charge in [-0.25, -0.2) is 4.98 Å². The predicted octanol–water partition coefficient (Wildman–Crippen LogP) is 4.64. The van der Waals surface area contributed by atoms with Gasteiger partial charge in [-0.1, -0.05) is 30.3 Å². The number of anilines is 1. The Hall–Kier alpha value is -3.93. The summed E-state index contributed by atoms with van der Waals surface area (Å²) in [7, 11) is 0. The lowest BCUT2D eigenvalue weighted by atomic mass is 9.98. The van der Waals surface area contributed by atoms with E-state index in [0.717, 1.165) is 11.1 Å². The highest BCUT2D eigenvalue weighted by Crippen LogP contribution is 2.42. The maximum atomic E-state index is 13.6. The minimum absolute atomic E-state index is 0.0561. The fourth-order valence-corrected chi connectivity index (χ4v) is 4.12. The number of ether oxygens (including phenoxy) is 1. The zero-order chi connectivity index (χ0) is 21.5. The summed E-state index contributed by atoms with van der Waals surface area (Å²) < 4.78 is 11.6. The topological polar surface area (TPSA) is 72.6 Å². The molecule has 6 heteroatoms. The van der Waals surface area contributed by atoms with Gasteiger partial charge in [0.05, 0.1) is 23.6 Å². The van der Waals surface area contributed by atoms with Crippen LogP contribution in [-0.2, 0) is 0 Å². The molecule has 1 unspecified atom stereocenters. The number of hydrogen-bond acceptors (Lipinski definition) is 5. The van der Waals surface area contributed by atoms with Gasteiger partial charge in [0, 0.05) is 6.20 Å². The Bertz CT molecular complexity index is 1380. The van der Waals surface area contributed by atoms with E-state index >= 15 is 0 Å². The van der Waals surface area contributed by atoms with Crippen LogP contribution in [-0.4, -0.2) is 17.5 Å². The van der Waals surface area contributed by atoms with Gasteiger partial charge in [0.25, 0.3) is 5.91 Å². The van der Waals surface area contributed by atoms with Crippen molar-refractivity contribution < 1.29 is 13.9 Å². The van der Waals surface area contributed by atoms with Crippen LogP contribution in [0.4, 0.5) is 5.82 Å². The second-order valence-corrected chi connectivity index (χ2v) is 7.40. The standard InChI is InChI=1S/C25H20N2O4/c1-3-30-17-10-6-9-16(14-17)21-20-22(28)18-11-4-5-12-19(18)31-23(20)25(29)27(21)24-15(2)8-7-13-26-24/h4-14,21H,3H2,1-2H3. The Morgan fingerprint density at radius 2 is 1.90 bits per heavy atom. The van der Waals surface area contributed by atoms with Crippen LogP contribution in [0.2, 0.25) is 0 Å². The molecule has 0 saturated heterocycles. The monoisotopic (exact) mass is 412 g/mol. The molecule has 4 aromatic rings. The number of para-hydroxylation sites is 1. The molecule has 0 N–H and O–H groups in total. The number of amides is 1. The molecule has 1 atom stereocenters. The number of aryl methyl sites for hydroxylation is 1. The van der Waals surface area contributed by atoms with E-state index in [-0.39, 0.29) is 17.1 Å². The Balaban J connectivity index is 1.81. The Morgan fingerprint density at radius 3 is 2.71 bits per heavy atom. The van der Waals surface area contributed by atoms with Gasteiger partial charge in [0.1, 0.15) is 17.2 Å². The summed E-state index contributed by atoms with van der Waals surface area (Å²) in [5, 5.41) is 0.444. The van der Waals surface area contributed by atoms with E-state index in [1.807, 2.05) is 50.2 Å². The maximum Gasteiger partial charge on any atom is 0.296 e. The number of carbonyl (C=O) groups is 1. The molecule has 1 aliphatic heterocycles. The first-order valence-corrected chi connectivity index (χ1v) is 10.1. The second kappa shape index (κ2) is 7.40. The molecule has 6 nitrogen and oxygen atoms in total. The molecule has 1 amide bonds. The largest absolute Gasteiger partial charge is 0.494 e. The quantitative estimate of drug-likeness (QED) is 0.488. The third-order valence-corrected chi connectivity index (χ3v) is 5.47. The van der Waals surface area contributed by atoms with E-state index in [4.69, 9.17) is 9.15 Å². The van der Waals surface area contributed by atoms with E-state index in [2.05, 4.69) is 4.98 Å². The van der Waals surface area contributed by atoms with Crippen LogP contribution in [0.15, 0.2) is 76.1 Å². The van der Waals surface area contributed by atoms with Crippen molar-refractivity contribution in [2.24, 2.45) is 0 Å². The van der Waals surface area contributed by atoms with E-state index in [9.17, 15) is 9.59 Å². The van der Waals surface area contributed by atoms with Gasteiger partial charge in [-0.2, -0.15) is 0 Å². The lowest BCUT2D eigenvalue weighted by Crippen LogP contribution is -2.30. The van der Waals surface area contributed by atoms with Gasteiger partial charge >= 0.3 is 0 Å². The molecule has 0 radical (unpaired) electrons. The Kier molecular flexibility index (Phi) is 4.55. The first-order chi connectivity index (χ1) is 15.1. The summed E-state index contributed by atoms with van der Waals surface area (Å²) in [4.78, 5) is 33.1. The van der Waals surface area contributed by atoms with Gasteiger partial charge in [0.15, 0.2) is 5.43 Å². The number of hydrogen-bond donors (Lipinski definition) is 0. The van der Waals surface area contributed by atoms with Crippen molar-refractivity contribution in [3.8, 4) is 5.75 Å². The van der Waals surface area contributed by atoms with Gasteiger partial charge < -0.3 is 9.15 Å². The Labute approximate surface area is 178 Å². The number of benzene rings is 2. The van der Waals surface area contributed by atoms with E-state index < -0.39 is 6.04 Å². The SMILES string of the molecule is CCOc1cccc(C2c3c(oc4ccccc4c3=O)C(=O)N2c2ncccc2C)c1. The van der Waals surface area contributed by atoms with Crippen LogP contribution in [0.5, 0.6) is 5.75 Å². The van der Waals surface area contributed by atoms with E-state index in [1.54, 1.807) is 35.4 Å². The van der Waals surface area contributed by atoms with Crippen molar-refractivity contribution in [1.82, 2.24) is 4.98 Å². The molecule has 31 heavy (non-hydrogen) atoms. The van der Waals surface area contributed by atoms with Crippen molar-refractivity contribution in [2.75, 3.05) is 11.5 Å². The average molecular weight is 412 g/mol. The molecule has 2 aromatic heterocycles. The molecule has 0 fully saturated rings. The molecule has 2 aromatic carbocycles. The summed E-state index contributed by atoms with van der Waals surface area (Å²) in [6, 6.07) is 17.5. The molecule has 5 rings (SSSR count). The van der Waals surface area contributed by atoms with Crippen molar-refractivity contribution in [3.63, 3.8) is 0 Å². The minimum Gasteiger partial charge on any atom is -0.494 e. The third-order valence-electron chi connectivity index (χ3n) is 5.47. The van der Waals surface area contributed by atoms with Gasteiger partial charge in [-0.3, -0.25) is 14.5 Å². The first kappa shape index (κ1) is 19.1. The predicted molar refractivity (Wildman–Crippen MR) is 118 cm³/mol. The van der Waals surface area contributed by atoms with Crippen LogP contribution in [0, 0.1) is 6.92 Å². The number of fused-ring (bicyclic) bond motifs is 2. The van der Waals surface area contributed by atoms with Crippen LogP contribution in [0.25, 0.3) is 11.0 Å². The molecule has 0 aliphatic carbocycles. The first-order valence-electron chi connectivity index (χ1n) is 10.1. The highest BCUT2D eigenvalue weighted by Gasteiger charge is 2.44. The number of pyridine rings is 1. The van der Waals surface area contributed by atoms with Crippen LogP contribution >= 0.6 is 0 Å².